The lowest BCUT2D eigenvalue weighted by molar-refractivity contribution is -0.165. The minimum Gasteiger partial charge on any atom is -0.456 e. The van der Waals surface area contributed by atoms with Gasteiger partial charge in [-0.1, -0.05) is 0 Å². The number of nitrogens with zero attached hydrogens (tertiary/aromatic N) is 4. The summed E-state index contributed by atoms with van der Waals surface area (Å²) in [6.07, 6.45) is 0.275. The molecular formula is C18H23N5O6. The number of esters is 2. The Bertz CT molecular complexity index is 933. The summed E-state index contributed by atoms with van der Waals surface area (Å²) in [7, 11) is 0. The van der Waals surface area contributed by atoms with E-state index in [0.29, 0.717) is 30.2 Å². The standard InChI is InChI=1S/C18H23N5O6/c1-9-14(28-10(2)24)15(29-11(3)25)18(27-9)23-8-21-13-16(19-7-20-17(13)23)22-12-4-5-26-6-12/h7-9,12,14-15,18H,4-6H2,1-3H3,(H,19,20,22)/t9-,12-,14-,15-,18-/m1/s1/i1T. The smallest absolute Gasteiger partial charge is 0.303 e. The van der Waals surface area contributed by atoms with E-state index in [0.717, 1.165) is 6.42 Å². The van der Waals surface area contributed by atoms with Crippen molar-refractivity contribution < 1.29 is 29.9 Å². The lowest BCUT2D eigenvalue weighted by Gasteiger charge is -2.23. The van der Waals surface area contributed by atoms with Crippen molar-refractivity contribution in [2.45, 2.75) is 57.7 Å². The number of nitrogens with one attached hydrogen (secondary N) is 1. The van der Waals surface area contributed by atoms with Crippen molar-refractivity contribution in [1.82, 2.24) is 19.5 Å². The van der Waals surface area contributed by atoms with Crippen LogP contribution in [-0.2, 0) is 28.5 Å². The third-order valence-corrected chi connectivity index (χ3v) is 4.79. The monoisotopic (exact) mass is 407 g/mol. The molecule has 1 N–H and O–H groups in total. The minimum absolute atomic E-state index is 0.130. The Hall–Kier alpha value is -2.79. The van der Waals surface area contributed by atoms with Crippen LogP contribution in [-0.4, -0.2) is 69.0 Å². The van der Waals surface area contributed by atoms with Crippen LogP contribution < -0.4 is 5.32 Å². The van der Waals surface area contributed by atoms with Gasteiger partial charge in [0, 0.05) is 21.8 Å². The van der Waals surface area contributed by atoms with Gasteiger partial charge in [-0.3, -0.25) is 14.2 Å². The summed E-state index contributed by atoms with van der Waals surface area (Å²) >= 11 is 0. The van der Waals surface area contributed by atoms with Gasteiger partial charge in [0.1, 0.15) is 6.33 Å². The largest absolute Gasteiger partial charge is 0.456 e. The molecule has 0 saturated carbocycles. The van der Waals surface area contributed by atoms with Crippen molar-refractivity contribution in [1.29, 1.82) is 0 Å². The maximum Gasteiger partial charge on any atom is 0.303 e. The first-order chi connectivity index (χ1) is 14.5. The highest BCUT2D eigenvalue weighted by Crippen LogP contribution is 2.36. The summed E-state index contributed by atoms with van der Waals surface area (Å²) in [6, 6.07) is 0.130. The molecule has 2 aliphatic rings. The zero-order valence-electron chi connectivity index (χ0n) is 17.1. The number of hydrogen-bond acceptors (Lipinski definition) is 10. The summed E-state index contributed by atoms with van der Waals surface area (Å²) in [5.74, 6) is -0.549. The van der Waals surface area contributed by atoms with Gasteiger partial charge in [0.2, 0.25) is 0 Å². The second kappa shape index (κ2) is 7.91. The van der Waals surface area contributed by atoms with Crippen molar-refractivity contribution >= 4 is 28.9 Å². The van der Waals surface area contributed by atoms with Crippen molar-refractivity contribution in [2.75, 3.05) is 18.5 Å². The molecule has 2 aliphatic heterocycles. The van der Waals surface area contributed by atoms with Crippen LogP contribution in [0.25, 0.3) is 11.2 Å². The summed E-state index contributed by atoms with van der Waals surface area (Å²) in [6.45, 7) is 3.61. The highest BCUT2D eigenvalue weighted by Gasteiger charge is 2.48. The molecule has 2 saturated heterocycles. The fraction of sp³-hybridized carbons (Fsp3) is 0.611. The molecule has 4 heterocycles. The van der Waals surface area contributed by atoms with Gasteiger partial charge in [-0.2, -0.15) is 0 Å². The number of ether oxygens (including phenoxy) is 4. The number of imidazole rings is 1. The van der Waals surface area contributed by atoms with Gasteiger partial charge in [0.25, 0.3) is 0 Å². The lowest BCUT2D eigenvalue weighted by Crippen LogP contribution is -2.38. The Kier molecular flexibility index (Phi) is 4.98. The molecule has 0 spiro atoms. The zero-order chi connectivity index (χ0) is 21.3. The third kappa shape index (κ3) is 3.87. The van der Waals surface area contributed by atoms with E-state index in [1.54, 1.807) is 4.57 Å². The van der Waals surface area contributed by atoms with Crippen LogP contribution in [0.15, 0.2) is 12.7 Å². The molecule has 0 unspecified atom stereocenters. The molecule has 0 aromatic carbocycles. The molecule has 0 radical (unpaired) electrons. The Morgan fingerprint density at radius 2 is 2.03 bits per heavy atom. The topological polar surface area (TPSA) is 127 Å². The highest BCUT2D eigenvalue weighted by molar-refractivity contribution is 5.83. The molecule has 156 valence electrons. The van der Waals surface area contributed by atoms with Crippen LogP contribution in [0, 0.1) is 0 Å². The van der Waals surface area contributed by atoms with Gasteiger partial charge in [-0.25, -0.2) is 15.0 Å². The van der Waals surface area contributed by atoms with Crippen molar-refractivity contribution in [3.8, 4) is 0 Å². The Labute approximate surface area is 168 Å². The van der Waals surface area contributed by atoms with E-state index < -0.39 is 36.5 Å². The van der Waals surface area contributed by atoms with E-state index in [2.05, 4.69) is 20.3 Å². The van der Waals surface area contributed by atoms with Gasteiger partial charge < -0.3 is 24.3 Å². The highest BCUT2D eigenvalue weighted by atomic mass is 16.6. The van der Waals surface area contributed by atoms with E-state index in [1.165, 1.54) is 26.5 Å². The molecule has 0 bridgehead atoms. The quantitative estimate of drug-likeness (QED) is 0.711. The molecule has 5 atom stereocenters. The molecule has 4 rings (SSSR count). The number of fused-ring (bicyclic) bond motifs is 1. The zero-order valence-corrected chi connectivity index (χ0v) is 16.1. The molecule has 2 aromatic heterocycles. The van der Waals surface area contributed by atoms with Crippen LogP contribution in [0.4, 0.5) is 5.82 Å². The van der Waals surface area contributed by atoms with Gasteiger partial charge in [-0.15, -0.1) is 0 Å². The van der Waals surface area contributed by atoms with Crippen molar-refractivity contribution in [3.05, 3.63) is 12.7 Å². The minimum atomic E-state index is -0.950. The van der Waals surface area contributed by atoms with E-state index in [4.69, 9.17) is 20.3 Å². The summed E-state index contributed by atoms with van der Waals surface area (Å²) in [4.78, 5) is 36.3. The number of carbonyl (C=O) groups is 2. The predicted octanol–water partition coefficient (Wildman–Crippen LogP) is 0.808. The van der Waals surface area contributed by atoms with Crippen LogP contribution in [0.2, 0.25) is 0 Å². The average molecular weight is 407 g/mol. The Morgan fingerprint density at radius 3 is 2.72 bits per heavy atom. The van der Waals surface area contributed by atoms with Gasteiger partial charge in [0.05, 0.1) is 25.1 Å². The number of rotatable bonds is 5. The van der Waals surface area contributed by atoms with E-state index >= 15 is 0 Å². The summed E-state index contributed by atoms with van der Waals surface area (Å²) < 4.78 is 31.4. The molecule has 11 heteroatoms. The van der Waals surface area contributed by atoms with Crippen molar-refractivity contribution in [2.24, 2.45) is 0 Å². The summed E-state index contributed by atoms with van der Waals surface area (Å²) in [5.41, 5.74) is 0.980. The number of hydrogen-bond donors (Lipinski definition) is 1. The molecule has 2 fully saturated rings. The predicted molar refractivity (Wildman–Crippen MR) is 98.9 cm³/mol. The maximum absolute atomic E-state index is 11.7. The first-order valence-corrected chi connectivity index (χ1v) is 9.29. The first-order valence-electron chi connectivity index (χ1n) is 9.99. The SMILES string of the molecule is [3H]C[C@H]1O[C@@H](n2cnc3c(N[C@@H]4CCOC4)ncnc32)[C@H](OC(C)=O)[C@@H]1OC(C)=O. The van der Waals surface area contributed by atoms with Gasteiger partial charge in [0.15, 0.2) is 35.4 Å². The first kappa shape index (κ1) is 18.3. The maximum atomic E-state index is 11.7. The Balaban J connectivity index is 1.68. The fourth-order valence-electron chi connectivity index (χ4n) is 3.57. The lowest BCUT2D eigenvalue weighted by atomic mass is 10.1. The van der Waals surface area contributed by atoms with E-state index in [1.807, 2.05) is 0 Å². The molecule has 0 amide bonds. The van der Waals surface area contributed by atoms with Crippen LogP contribution >= 0.6 is 0 Å². The number of aromatic nitrogens is 4. The van der Waals surface area contributed by atoms with Gasteiger partial charge >= 0.3 is 11.9 Å². The summed E-state index contributed by atoms with van der Waals surface area (Å²) in [5, 5.41) is 3.31. The molecule has 2 aromatic rings. The van der Waals surface area contributed by atoms with E-state index in [9.17, 15) is 9.59 Å². The third-order valence-electron chi connectivity index (χ3n) is 4.79. The molecule has 0 aliphatic carbocycles. The fourth-order valence-corrected chi connectivity index (χ4v) is 3.57. The molecule has 11 nitrogen and oxygen atoms in total. The molecule has 29 heavy (non-hydrogen) atoms. The number of anilines is 1. The number of carbonyl (C=O) groups excluding carboxylic acids is 2. The normalized spacial score (nSPS) is 29.6. The average Bonchev–Trinajstić information content (AvgIpc) is 3.42. The van der Waals surface area contributed by atoms with E-state index in [-0.39, 0.29) is 12.9 Å². The second-order valence-electron chi connectivity index (χ2n) is 6.96. The van der Waals surface area contributed by atoms with Crippen LogP contribution in [0.1, 0.15) is 34.8 Å². The van der Waals surface area contributed by atoms with Crippen LogP contribution in [0.3, 0.4) is 0 Å². The van der Waals surface area contributed by atoms with Crippen LogP contribution in [0.5, 0.6) is 0 Å². The van der Waals surface area contributed by atoms with Crippen molar-refractivity contribution in [3.63, 3.8) is 0 Å². The van der Waals surface area contributed by atoms with Gasteiger partial charge in [-0.05, 0) is 13.3 Å². The molecular weight excluding hydrogens is 382 g/mol. The second-order valence-corrected chi connectivity index (χ2v) is 6.96. The Morgan fingerprint density at radius 1 is 1.24 bits per heavy atom.